The zero-order chi connectivity index (χ0) is 14.3. The molecule has 1 fully saturated rings. The average Bonchev–Trinajstić information content (AvgIpc) is 2.21. The Morgan fingerprint density at radius 3 is 2.37 bits per heavy atom. The van der Waals surface area contributed by atoms with Crippen LogP contribution in [0.5, 0.6) is 0 Å². The number of sulfonamides is 1. The lowest BCUT2D eigenvalue weighted by Crippen LogP contribution is -2.53. The highest BCUT2D eigenvalue weighted by molar-refractivity contribution is 7.90. The molecule has 7 heteroatoms. The van der Waals surface area contributed by atoms with Crippen LogP contribution < -0.4 is 10.5 Å². The van der Waals surface area contributed by atoms with Gasteiger partial charge < -0.3 is 5.32 Å². The van der Waals surface area contributed by atoms with Gasteiger partial charge in [-0.15, -0.1) is 0 Å². The third-order valence-electron chi connectivity index (χ3n) is 3.95. The second kappa shape index (κ2) is 4.72. The summed E-state index contributed by atoms with van der Waals surface area (Å²) in [7, 11) is -3.54. The van der Waals surface area contributed by atoms with E-state index in [1.807, 2.05) is 20.8 Å². The molecule has 1 heterocycles. The van der Waals surface area contributed by atoms with Gasteiger partial charge in [-0.1, -0.05) is 6.42 Å². The summed E-state index contributed by atoms with van der Waals surface area (Å²) in [6.45, 7) is 5.95. The summed E-state index contributed by atoms with van der Waals surface area (Å²) in [6.07, 6.45) is 2.13. The van der Waals surface area contributed by atoms with E-state index in [0.717, 1.165) is 17.7 Å². The first-order valence-corrected chi connectivity index (χ1v) is 7.88. The first-order chi connectivity index (χ1) is 8.75. The fourth-order valence-electron chi connectivity index (χ4n) is 2.32. The van der Waals surface area contributed by atoms with Crippen molar-refractivity contribution in [2.45, 2.75) is 44.8 Å². The maximum atomic E-state index is 11.7. The van der Waals surface area contributed by atoms with Gasteiger partial charge in [0.05, 0.1) is 0 Å². The highest BCUT2D eigenvalue weighted by Crippen LogP contribution is 2.38. The number of aromatic nitrogens is 2. The maximum absolute atomic E-state index is 11.7. The largest absolute Gasteiger partial charge is 0.368 e. The summed E-state index contributed by atoms with van der Waals surface area (Å²) >= 11 is 0. The van der Waals surface area contributed by atoms with Crippen LogP contribution in [0.25, 0.3) is 0 Å². The lowest BCUT2D eigenvalue weighted by Gasteiger charge is -2.39. The first-order valence-electron chi connectivity index (χ1n) is 6.33. The Morgan fingerprint density at radius 1 is 1.26 bits per heavy atom. The highest BCUT2D eigenvalue weighted by atomic mass is 32.2. The van der Waals surface area contributed by atoms with Crippen LogP contribution in [-0.2, 0) is 10.0 Å². The predicted octanol–water partition coefficient (Wildman–Crippen LogP) is 1.02. The van der Waals surface area contributed by atoms with Crippen molar-refractivity contribution in [3.63, 3.8) is 0 Å². The third-order valence-corrected chi connectivity index (χ3v) is 5.71. The molecule has 0 amide bonds. The van der Waals surface area contributed by atoms with Crippen LogP contribution in [0, 0.1) is 20.8 Å². The Morgan fingerprint density at radius 2 is 1.89 bits per heavy atom. The number of nitrogens with zero attached hydrogens (tertiary/aromatic N) is 2. The van der Waals surface area contributed by atoms with Crippen LogP contribution in [0.1, 0.15) is 36.3 Å². The van der Waals surface area contributed by atoms with E-state index in [-0.39, 0.29) is 0 Å². The van der Waals surface area contributed by atoms with Crippen LogP contribution in [-0.4, -0.2) is 29.7 Å². The molecule has 0 spiro atoms. The molecule has 0 aliphatic heterocycles. The zero-order valence-electron chi connectivity index (χ0n) is 11.5. The van der Waals surface area contributed by atoms with E-state index in [1.165, 1.54) is 0 Å². The van der Waals surface area contributed by atoms with Crippen LogP contribution in [0.15, 0.2) is 0 Å². The summed E-state index contributed by atoms with van der Waals surface area (Å²) in [5.74, 6) is 1.36. The standard InChI is InChI=1S/C12H20N4O2S/c1-8-9(2)15-10(3)16-11(8)14-7-12(5-4-6-12)19(13,17)18/h4-7H2,1-3H3,(H2,13,17,18)(H,14,15,16). The van der Waals surface area contributed by atoms with Crippen molar-refractivity contribution in [3.05, 3.63) is 17.1 Å². The molecule has 3 N–H and O–H groups in total. The van der Waals surface area contributed by atoms with E-state index in [2.05, 4.69) is 15.3 Å². The summed E-state index contributed by atoms with van der Waals surface area (Å²) in [5, 5.41) is 8.47. The van der Waals surface area contributed by atoms with E-state index in [0.29, 0.717) is 31.0 Å². The molecule has 1 aromatic heterocycles. The van der Waals surface area contributed by atoms with E-state index in [1.54, 1.807) is 0 Å². The molecule has 106 valence electrons. The number of hydrogen-bond donors (Lipinski definition) is 2. The Kier molecular flexibility index (Phi) is 3.53. The SMILES string of the molecule is Cc1nc(C)c(C)c(NCC2(S(N)(=O)=O)CCC2)n1. The molecule has 1 aliphatic rings. The normalized spacial score (nSPS) is 17.9. The van der Waals surface area contributed by atoms with Crippen LogP contribution in [0.2, 0.25) is 0 Å². The Hall–Kier alpha value is -1.21. The lowest BCUT2D eigenvalue weighted by molar-refractivity contribution is 0.351. The fourth-order valence-corrected chi connectivity index (χ4v) is 3.45. The van der Waals surface area contributed by atoms with Crippen LogP contribution in [0.3, 0.4) is 0 Å². The molecule has 0 bridgehead atoms. The average molecular weight is 284 g/mol. The number of aryl methyl sites for hydroxylation is 2. The molecule has 2 rings (SSSR count). The second-order valence-corrected chi connectivity index (χ2v) is 7.22. The van der Waals surface area contributed by atoms with Gasteiger partial charge in [0.2, 0.25) is 10.0 Å². The van der Waals surface area contributed by atoms with Gasteiger partial charge in [0.1, 0.15) is 16.4 Å². The van der Waals surface area contributed by atoms with Gasteiger partial charge in [-0.25, -0.2) is 23.5 Å². The van der Waals surface area contributed by atoms with Gasteiger partial charge in [0.15, 0.2) is 0 Å². The summed E-state index contributed by atoms with van der Waals surface area (Å²) in [4.78, 5) is 8.59. The van der Waals surface area contributed by atoms with Gasteiger partial charge >= 0.3 is 0 Å². The Balaban J connectivity index is 2.20. The molecule has 19 heavy (non-hydrogen) atoms. The van der Waals surface area contributed by atoms with Crippen LogP contribution >= 0.6 is 0 Å². The van der Waals surface area contributed by atoms with Gasteiger partial charge in [-0.3, -0.25) is 0 Å². The molecule has 1 saturated carbocycles. The number of rotatable bonds is 4. The number of nitrogens with two attached hydrogens (primary N) is 1. The van der Waals surface area contributed by atoms with Crippen molar-refractivity contribution in [1.29, 1.82) is 0 Å². The highest BCUT2D eigenvalue weighted by Gasteiger charge is 2.47. The molecule has 1 aromatic rings. The minimum Gasteiger partial charge on any atom is -0.368 e. The molecule has 0 atom stereocenters. The smallest absolute Gasteiger partial charge is 0.216 e. The lowest BCUT2D eigenvalue weighted by atomic mass is 9.84. The predicted molar refractivity (Wildman–Crippen MR) is 74.4 cm³/mol. The third kappa shape index (κ3) is 2.57. The van der Waals surface area contributed by atoms with Crippen molar-refractivity contribution in [1.82, 2.24) is 9.97 Å². The molecule has 0 aromatic carbocycles. The van der Waals surface area contributed by atoms with E-state index in [4.69, 9.17) is 5.14 Å². The Labute approximate surface area is 113 Å². The van der Waals surface area contributed by atoms with Crippen molar-refractivity contribution in [3.8, 4) is 0 Å². The van der Waals surface area contributed by atoms with E-state index in [9.17, 15) is 8.42 Å². The topological polar surface area (TPSA) is 98.0 Å². The minimum atomic E-state index is -3.54. The molecule has 6 nitrogen and oxygen atoms in total. The fraction of sp³-hybridized carbons (Fsp3) is 0.667. The summed E-state index contributed by atoms with van der Waals surface area (Å²) in [6, 6.07) is 0. The van der Waals surface area contributed by atoms with Crippen molar-refractivity contribution >= 4 is 15.8 Å². The second-order valence-electron chi connectivity index (χ2n) is 5.26. The molecule has 0 unspecified atom stereocenters. The van der Waals surface area contributed by atoms with Gasteiger partial charge in [-0.2, -0.15) is 0 Å². The maximum Gasteiger partial charge on any atom is 0.216 e. The van der Waals surface area contributed by atoms with E-state index < -0.39 is 14.8 Å². The van der Waals surface area contributed by atoms with Crippen molar-refractivity contribution in [2.75, 3.05) is 11.9 Å². The van der Waals surface area contributed by atoms with Gasteiger partial charge in [0.25, 0.3) is 0 Å². The van der Waals surface area contributed by atoms with Gasteiger partial charge in [0, 0.05) is 17.8 Å². The number of anilines is 1. The Bertz CT molecular complexity index is 594. The molecule has 1 aliphatic carbocycles. The first kappa shape index (κ1) is 14.2. The number of nitrogens with one attached hydrogen (secondary N) is 1. The van der Waals surface area contributed by atoms with Gasteiger partial charge in [-0.05, 0) is 33.6 Å². The molecule has 0 radical (unpaired) electrons. The summed E-state index contributed by atoms with van der Waals surface area (Å²) in [5.41, 5.74) is 1.84. The number of primary sulfonamides is 1. The zero-order valence-corrected chi connectivity index (χ0v) is 12.3. The molecular formula is C12H20N4O2S. The monoisotopic (exact) mass is 284 g/mol. The van der Waals surface area contributed by atoms with Crippen LogP contribution in [0.4, 0.5) is 5.82 Å². The van der Waals surface area contributed by atoms with Crippen molar-refractivity contribution < 1.29 is 8.42 Å². The summed E-state index contributed by atoms with van der Waals surface area (Å²) < 4.78 is 22.5. The van der Waals surface area contributed by atoms with Crippen molar-refractivity contribution in [2.24, 2.45) is 5.14 Å². The number of hydrogen-bond acceptors (Lipinski definition) is 5. The molecule has 0 saturated heterocycles. The molecular weight excluding hydrogens is 264 g/mol. The quantitative estimate of drug-likeness (QED) is 0.860. The van der Waals surface area contributed by atoms with E-state index >= 15 is 0 Å². The minimum absolute atomic E-state index is 0.308.